The Hall–Kier alpha value is -1.10. The molecule has 1 aromatic carbocycles. The molecular weight excluding hydrogens is 276 g/mol. The van der Waals surface area contributed by atoms with Gasteiger partial charge in [-0.15, -0.1) is 0 Å². The van der Waals surface area contributed by atoms with Crippen LogP contribution in [-0.4, -0.2) is 38.3 Å². The van der Waals surface area contributed by atoms with Gasteiger partial charge >= 0.3 is 0 Å². The van der Waals surface area contributed by atoms with E-state index in [0.29, 0.717) is 29.8 Å². The first-order valence-corrected chi connectivity index (χ1v) is 7.41. The maximum Gasteiger partial charge on any atom is 0.252 e. The van der Waals surface area contributed by atoms with Gasteiger partial charge in [0.1, 0.15) is 0 Å². The van der Waals surface area contributed by atoms with Crippen molar-refractivity contribution in [2.75, 3.05) is 26.2 Å². The van der Waals surface area contributed by atoms with Crippen molar-refractivity contribution in [3.63, 3.8) is 0 Å². The molecule has 1 saturated heterocycles. The summed E-state index contributed by atoms with van der Waals surface area (Å²) in [6.45, 7) is 5.01. The van der Waals surface area contributed by atoms with E-state index >= 15 is 0 Å². The third-order valence-corrected chi connectivity index (χ3v) is 3.71. The highest BCUT2D eigenvalue weighted by Gasteiger charge is 2.13. The van der Waals surface area contributed by atoms with Crippen molar-refractivity contribution in [1.29, 1.82) is 0 Å². The molecule has 1 heterocycles. The highest BCUT2D eigenvalue weighted by Crippen LogP contribution is 2.17. The third kappa shape index (κ3) is 4.47. The van der Waals surface area contributed by atoms with Gasteiger partial charge in [0.2, 0.25) is 0 Å². The van der Waals surface area contributed by atoms with E-state index in [2.05, 4.69) is 10.6 Å². The lowest BCUT2D eigenvalue weighted by molar-refractivity contribution is 0.0343. The van der Waals surface area contributed by atoms with Crippen molar-refractivity contribution in [2.45, 2.75) is 25.9 Å². The van der Waals surface area contributed by atoms with Crippen LogP contribution in [-0.2, 0) is 4.74 Å². The molecule has 0 bridgehead atoms. The van der Waals surface area contributed by atoms with Gasteiger partial charge in [-0.3, -0.25) is 4.79 Å². The summed E-state index contributed by atoms with van der Waals surface area (Å²) in [4.78, 5) is 12.0. The minimum Gasteiger partial charge on any atom is -0.376 e. The summed E-state index contributed by atoms with van der Waals surface area (Å²) in [5, 5.41) is 6.61. The molecule has 2 rings (SSSR count). The summed E-state index contributed by atoms with van der Waals surface area (Å²) < 4.78 is 5.73. The van der Waals surface area contributed by atoms with Crippen LogP contribution in [0.5, 0.6) is 0 Å². The number of amides is 1. The summed E-state index contributed by atoms with van der Waals surface area (Å²) in [5.74, 6) is -0.149. The fraction of sp³-hybridized carbons (Fsp3) is 0.533. The Bertz CT molecular complexity index is 459. The van der Waals surface area contributed by atoms with Crippen LogP contribution >= 0.6 is 11.6 Å². The molecule has 1 aliphatic heterocycles. The number of hydrogen-bond donors (Lipinski definition) is 2. The molecule has 0 saturated carbocycles. The van der Waals surface area contributed by atoms with Crippen molar-refractivity contribution in [3.8, 4) is 0 Å². The van der Waals surface area contributed by atoms with E-state index in [-0.39, 0.29) is 5.91 Å². The van der Waals surface area contributed by atoms with Crippen molar-refractivity contribution in [1.82, 2.24) is 10.6 Å². The number of halogens is 1. The Kier molecular flexibility index (Phi) is 5.83. The highest BCUT2D eigenvalue weighted by atomic mass is 35.5. The van der Waals surface area contributed by atoms with E-state index in [1.165, 1.54) is 0 Å². The molecule has 0 aromatic heterocycles. The minimum absolute atomic E-state index is 0.149. The molecule has 1 aliphatic rings. The van der Waals surface area contributed by atoms with E-state index in [1.807, 2.05) is 13.0 Å². The van der Waals surface area contributed by atoms with Crippen molar-refractivity contribution in [2.24, 2.45) is 0 Å². The second kappa shape index (κ2) is 7.62. The molecule has 0 aliphatic carbocycles. The van der Waals surface area contributed by atoms with Gasteiger partial charge in [0.25, 0.3) is 5.91 Å². The van der Waals surface area contributed by atoms with E-state index in [0.717, 1.165) is 31.5 Å². The zero-order chi connectivity index (χ0) is 14.4. The average molecular weight is 297 g/mol. The predicted octanol–water partition coefficient (Wildman–Crippen LogP) is 2.15. The smallest absolute Gasteiger partial charge is 0.252 e. The maximum atomic E-state index is 12.0. The Morgan fingerprint density at radius 1 is 1.45 bits per heavy atom. The monoisotopic (exact) mass is 296 g/mol. The van der Waals surface area contributed by atoms with Crippen LogP contribution in [0.3, 0.4) is 0 Å². The Morgan fingerprint density at radius 2 is 2.20 bits per heavy atom. The van der Waals surface area contributed by atoms with Gasteiger partial charge in [0, 0.05) is 6.54 Å². The molecule has 4 nitrogen and oxygen atoms in total. The number of carbonyl (C=O) groups is 1. The van der Waals surface area contributed by atoms with Crippen LogP contribution in [0, 0.1) is 6.92 Å². The summed E-state index contributed by atoms with van der Waals surface area (Å²) in [7, 11) is 0. The van der Waals surface area contributed by atoms with Crippen LogP contribution in [0.2, 0.25) is 5.02 Å². The molecule has 0 radical (unpaired) electrons. The van der Waals surface area contributed by atoms with E-state index in [9.17, 15) is 4.79 Å². The van der Waals surface area contributed by atoms with Gasteiger partial charge in [0.05, 0.1) is 23.3 Å². The van der Waals surface area contributed by atoms with E-state index in [4.69, 9.17) is 16.3 Å². The van der Waals surface area contributed by atoms with Crippen LogP contribution in [0.1, 0.15) is 28.8 Å². The minimum atomic E-state index is -0.149. The standard InChI is InChI=1S/C15H21ClN2O2/c1-11-2-3-13(14(16)10-11)15(19)18-8-9-20-12-4-6-17-7-5-12/h2-3,10,12,17H,4-9H2,1H3,(H,18,19). The van der Waals surface area contributed by atoms with Gasteiger partial charge in [-0.05, 0) is 50.6 Å². The zero-order valence-electron chi connectivity index (χ0n) is 11.7. The van der Waals surface area contributed by atoms with Gasteiger partial charge in [-0.2, -0.15) is 0 Å². The second-order valence-electron chi connectivity index (χ2n) is 5.06. The van der Waals surface area contributed by atoms with Crippen LogP contribution in [0.15, 0.2) is 18.2 Å². The fourth-order valence-corrected chi connectivity index (χ4v) is 2.57. The lowest BCUT2D eigenvalue weighted by Gasteiger charge is -2.22. The quantitative estimate of drug-likeness (QED) is 0.819. The molecule has 110 valence electrons. The number of piperidine rings is 1. The topological polar surface area (TPSA) is 50.4 Å². The molecule has 1 amide bonds. The molecule has 20 heavy (non-hydrogen) atoms. The summed E-state index contributed by atoms with van der Waals surface area (Å²) in [6.07, 6.45) is 2.39. The van der Waals surface area contributed by atoms with Gasteiger partial charge in [-0.25, -0.2) is 0 Å². The number of hydrogen-bond acceptors (Lipinski definition) is 3. The Labute approximate surface area is 124 Å². The predicted molar refractivity (Wildman–Crippen MR) is 80.4 cm³/mol. The number of rotatable bonds is 5. The largest absolute Gasteiger partial charge is 0.376 e. The van der Waals surface area contributed by atoms with Crippen LogP contribution < -0.4 is 10.6 Å². The third-order valence-electron chi connectivity index (χ3n) is 3.40. The zero-order valence-corrected chi connectivity index (χ0v) is 12.5. The van der Waals surface area contributed by atoms with Crippen molar-refractivity contribution < 1.29 is 9.53 Å². The molecule has 0 atom stereocenters. The lowest BCUT2D eigenvalue weighted by Crippen LogP contribution is -2.34. The Morgan fingerprint density at radius 3 is 2.90 bits per heavy atom. The molecule has 0 unspecified atom stereocenters. The number of benzene rings is 1. The van der Waals surface area contributed by atoms with Gasteiger partial charge in [0.15, 0.2) is 0 Å². The van der Waals surface area contributed by atoms with Gasteiger partial charge < -0.3 is 15.4 Å². The molecule has 2 N–H and O–H groups in total. The highest BCUT2D eigenvalue weighted by molar-refractivity contribution is 6.33. The average Bonchev–Trinajstić information content (AvgIpc) is 2.44. The maximum absolute atomic E-state index is 12.0. The van der Waals surface area contributed by atoms with E-state index < -0.39 is 0 Å². The van der Waals surface area contributed by atoms with Crippen LogP contribution in [0.4, 0.5) is 0 Å². The summed E-state index contributed by atoms with van der Waals surface area (Å²) in [6, 6.07) is 5.43. The number of carbonyl (C=O) groups excluding carboxylic acids is 1. The number of ether oxygens (including phenoxy) is 1. The summed E-state index contributed by atoms with van der Waals surface area (Å²) in [5.41, 5.74) is 1.56. The number of aryl methyl sites for hydroxylation is 1. The van der Waals surface area contributed by atoms with Crippen molar-refractivity contribution in [3.05, 3.63) is 34.3 Å². The first kappa shape index (κ1) is 15.3. The normalized spacial score (nSPS) is 16.1. The van der Waals surface area contributed by atoms with Crippen molar-refractivity contribution >= 4 is 17.5 Å². The fourth-order valence-electron chi connectivity index (χ4n) is 2.25. The van der Waals surface area contributed by atoms with Crippen LogP contribution in [0.25, 0.3) is 0 Å². The lowest BCUT2D eigenvalue weighted by atomic mass is 10.1. The second-order valence-corrected chi connectivity index (χ2v) is 5.47. The molecule has 1 fully saturated rings. The molecular formula is C15H21ClN2O2. The van der Waals surface area contributed by atoms with E-state index in [1.54, 1.807) is 12.1 Å². The first-order chi connectivity index (χ1) is 9.66. The molecule has 0 spiro atoms. The Balaban J connectivity index is 1.72. The molecule has 5 heteroatoms. The first-order valence-electron chi connectivity index (χ1n) is 7.03. The van der Waals surface area contributed by atoms with Gasteiger partial charge in [-0.1, -0.05) is 17.7 Å². The SMILES string of the molecule is Cc1ccc(C(=O)NCCOC2CCNCC2)c(Cl)c1. The molecule has 1 aromatic rings. The number of nitrogens with one attached hydrogen (secondary N) is 2. The summed E-state index contributed by atoms with van der Waals surface area (Å²) >= 11 is 6.06.